The second-order valence-corrected chi connectivity index (χ2v) is 5.40. The molecule has 0 aliphatic carbocycles. The molecular formula is C20H17NO5. The third-order valence-electron chi connectivity index (χ3n) is 3.63. The summed E-state index contributed by atoms with van der Waals surface area (Å²) in [5.41, 5.74) is 1.43. The van der Waals surface area contributed by atoms with Crippen LogP contribution in [0.1, 0.15) is 26.5 Å². The van der Waals surface area contributed by atoms with Crippen molar-refractivity contribution in [1.82, 2.24) is 0 Å². The fourth-order valence-electron chi connectivity index (χ4n) is 2.36. The number of esters is 1. The van der Waals surface area contributed by atoms with E-state index in [1.807, 2.05) is 30.3 Å². The Labute approximate surface area is 150 Å². The number of carbonyl (C=O) groups is 2. The number of nitrogens with one attached hydrogen (secondary N) is 1. The first kappa shape index (κ1) is 17.3. The minimum atomic E-state index is -0.476. The first-order valence-electron chi connectivity index (χ1n) is 7.91. The Morgan fingerprint density at radius 1 is 1.04 bits per heavy atom. The van der Waals surface area contributed by atoms with E-state index in [0.29, 0.717) is 22.6 Å². The number of carbonyl (C=O) groups excluding carboxylic acids is 2. The SMILES string of the molecule is COC(=O)c1cccc(NC(=O)c2occc2COc2ccccc2)c1. The van der Waals surface area contributed by atoms with Gasteiger partial charge in [-0.2, -0.15) is 0 Å². The molecule has 0 fully saturated rings. The van der Waals surface area contributed by atoms with Gasteiger partial charge in [-0.1, -0.05) is 24.3 Å². The number of methoxy groups -OCH3 is 1. The van der Waals surface area contributed by atoms with Crippen molar-refractivity contribution >= 4 is 17.6 Å². The largest absolute Gasteiger partial charge is 0.489 e. The van der Waals surface area contributed by atoms with Gasteiger partial charge in [0.1, 0.15) is 12.4 Å². The lowest BCUT2D eigenvalue weighted by molar-refractivity contribution is 0.0600. The molecule has 0 bridgehead atoms. The van der Waals surface area contributed by atoms with E-state index in [2.05, 4.69) is 10.1 Å². The molecule has 6 nitrogen and oxygen atoms in total. The monoisotopic (exact) mass is 351 g/mol. The van der Waals surface area contributed by atoms with Gasteiger partial charge in [0.25, 0.3) is 5.91 Å². The van der Waals surface area contributed by atoms with Crippen LogP contribution in [0.15, 0.2) is 71.3 Å². The molecule has 2 aromatic carbocycles. The van der Waals surface area contributed by atoms with Gasteiger partial charge in [0.05, 0.1) is 18.9 Å². The third-order valence-corrected chi connectivity index (χ3v) is 3.63. The van der Waals surface area contributed by atoms with Crippen molar-refractivity contribution in [3.8, 4) is 5.75 Å². The van der Waals surface area contributed by atoms with Gasteiger partial charge in [0, 0.05) is 11.3 Å². The Kier molecular flexibility index (Phi) is 5.34. The summed E-state index contributed by atoms with van der Waals surface area (Å²) in [6.07, 6.45) is 1.43. The second-order valence-electron chi connectivity index (χ2n) is 5.40. The number of benzene rings is 2. The van der Waals surface area contributed by atoms with Crippen LogP contribution in [0, 0.1) is 0 Å². The molecule has 0 aliphatic heterocycles. The van der Waals surface area contributed by atoms with E-state index in [-0.39, 0.29) is 12.4 Å². The lowest BCUT2D eigenvalue weighted by Crippen LogP contribution is -2.14. The Hall–Kier alpha value is -3.54. The summed E-state index contributed by atoms with van der Waals surface area (Å²) in [6, 6.07) is 17.4. The molecule has 1 heterocycles. The van der Waals surface area contributed by atoms with Gasteiger partial charge in [-0.05, 0) is 36.4 Å². The number of rotatable bonds is 6. The Morgan fingerprint density at radius 3 is 2.62 bits per heavy atom. The van der Waals surface area contributed by atoms with Crippen LogP contribution in [0.3, 0.4) is 0 Å². The molecular weight excluding hydrogens is 334 g/mol. The highest BCUT2D eigenvalue weighted by atomic mass is 16.5. The van der Waals surface area contributed by atoms with E-state index in [9.17, 15) is 9.59 Å². The normalized spacial score (nSPS) is 10.2. The number of amides is 1. The highest BCUT2D eigenvalue weighted by molar-refractivity contribution is 6.03. The van der Waals surface area contributed by atoms with Crippen LogP contribution in [0.25, 0.3) is 0 Å². The highest BCUT2D eigenvalue weighted by Gasteiger charge is 2.17. The van der Waals surface area contributed by atoms with E-state index in [0.717, 1.165) is 0 Å². The zero-order valence-electron chi connectivity index (χ0n) is 14.1. The maximum atomic E-state index is 12.5. The van der Waals surface area contributed by atoms with Gasteiger partial charge in [-0.25, -0.2) is 4.79 Å². The highest BCUT2D eigenvalue weighted by Crippen LogP contribution is 2.18. The molecule has 6 heteroatoms. The Morgan fingerprint density at radius 2 is 1.85 bits per heavy atom. The van der Waals surface area contributed by atoms with Crippen molar-refractivity contribution in [3.05, 3.63) is 83.8 Å². The molecule has 1 amide bonds. The number of hydrogen-bond acceptors (Lipinski definition) is 5. The van der Waals surface area contributed by atoms with Crippen molar-refractivity contribution < 1.29 is 23.5 Å². The summed E-state index contributed by atoms with van der Waals surface area (Å²) >= 11 is 0. The summed E-state index contributed by atoms with van der Waals surface area (Å²) in [5, 5.41) is 2.71. The molecule has 0 radical (unpaired) electrons. The third kappa shape index (κ3) is 4.10. The number of hydrogen-bond donors (Lipinski definition) is 1. The topological polar surface area (TPSA) is 77.8 Å². The summed E-state index contributed by atoms with van der Waals surface area (Å²) in [6.45, 7) is 0.200. The number of ether oxygens (including phenoxy) is 2. The molecule has 0 atom stereocenters. The lowest BCUT2D eigenvalue weighted by Gasteiger charge is -2.08. The van der Waals surface area contributed by atoms with Crippen molar-refractivity contribution in [1.29, 1.82) is 0 Å². The number of para-hydroxylation sites is 1. The van der Waals surface area contributed by atoms with Crippen molar-refractivity contribution in [2.45, 2.75) is 6.61 Å². The molecule has 0 saturated carbocycles. The van der Waals surface area contributed by atoms with Crippen molar-refractivity contribution in [2.24, 2.45) is 0 Å². The molecule has 0 aliphatic rings. The maximum Gasteiger partial charge on any atom is 0.337 e. The van der Waals surface area contributed by atoms with Crippen molar-refractivity contribution in [3.63, 3.8) is 0 Å². The van der Waals surface area contributed by atoms with Crippen LogP contribution in [-0.4, -0.2) is 19.0 Å². The first-order valence-corrected chi connectivity index (χ1v) is 7.91. The molecule has 3 aromatic rings. The quantitative estimate of drug-likeness (QED) is 0.682. The summed E-state index contributed by atoms with van der Waals surface area (Å²) in [7, 11) is 1.30. The smallest absolute Gasteiger partial charge is 0.337 e. The molecule has 0 saturated heterocycles. The average Bonchev–Trinajstić information content (AvgIpc) is 3.15. The van der Waals surface area contributed by atoms with Gasteiger partial charge >= 0.3 is 5.97 Å². The van der Waals surface area contributed by atoms with Gasteiger partial charge in [-0.3, -0.25) is 4.79 Å². The zero-order chi connectivity index (χ0) is 18.4. The Balaban J connectivity index is 1.69. The molecule has 0 spiro atoms. The molecule has 1 N–H and O–H groups in total. The van der Waals surface area contributed by atoms with E-state index < -0.39 is 11.9 Å². The minimum Gasteiger partial charge on any atom is -0.489 e. The first-order chi connectivity index (χ1) is 12.7. The van der Waals surface area contributed by atoms with Gasteiger partial charge in [0.15, 0.2) is 5.76 Å². The molecule has 132 valence electrons. The van der Waals surface area contributed by atoms with E-state index in [1.165, 1.54) is 19.4 Å². The van der Waals surface area contributed by atoms with Crippen LogP contribution in [0.5, 0.6) is 5.75 Å². The summed E-state index contributed by atoms with van der Waals surface area (Å²) < 4.78 is 15.6. The van der Waals surface area contributed by atoms with Crippen LogP contribution >= 0.6 is 0 Å². The standard InChI is InChI=1S/C20H17NO5/c1-24-20(23)14-6-5-7-16(12-14)21-19(22)18-15(10-11-25-18)13-26-17-8-3-2-4-9-17/h2-12H,13H2,1H3,(H,21,22). The fraction of sp³-hybridized carbons (Fsp3) is 0.100. The maximum absolute atomic E-state index is 12.5. The van der Waals surface area contributed by atoms with Crippen LogP contribution in [0.2, 0.25) is 0 Å². The number of anilines is 1. The predicted molar refractivity (Wildman–Crippen MR) is 95.2 cm³/mol. The lowest BCUT2D eigenvalue weighted by atomic mass is 10.2. The van der Waals surface area contributed by atoms with Crippen molar-refractivity contribution in [2.75, 3.05) is 12.4 Å². The minimum absolute atomic E-state index is 0.157. The predicted octanol–water partition coefficient (Wildman–Crippen LogP) is 3.90. The molecule has 26 heavy (non-hydrogen) atoms. The number of furan rings is 1. The van der Waals surface area contributed by atoms with Gasteiger partial charge < -0.3 is 19.2 Å². The fourth-order valence-corrected chi connectivity index (χ4v) is 2.36. The van der Waals surface area contributed by atoms with E-state index in [4.69, 9.17) is 9.15 Å². The summed E-state index contributed by atoms with van der Waals surface area (Å²) in [4.78, 5) is 24.1. The molecule has 1 aromatic heterocycles. The Bertz CT molecular complexity index is 901. The van der Waals surface area contributed by atoms with E-state index in [1.54, 1.807) is 24.3 Å². The van der Waals surface area contributed by atoms with E-state index >= 15 is 0 Å². The van der Waals surface area contributed by atoms with Crippen LogP contribution in [-0.2, 0) is 11.3 Å². The van der Waals surface area contributed by atoms with Crippen LogP contribution < -0.4 is 10.1 Å². The van der Waals surface area contributed by atoms with Gasteiger partial charge in [0.2, 0.25) is 0 Å². The van der Waals surface area contributed by atoms with Gasteiger partial charge in [-0.15, -0.1) is 0 Å². The summed E-state index contributed by atoms with van der Waals surface area (Å²) in [5.74, 6) is -0.0463. The molecule has 0 unspecified atom stereocenters. The molecule has 3 rings (SSSR count). The van der Waals surface area contributed by atoms with Crippen LogP contribution in [0.4, 0.5) is 5.69 Å². The second kappa shape index (κ2) is 8.02. The zero-order valence-corrected chi connectivity index (χ0v) is 14.1. The average molecular weight is 351 g/mol.